The normalized spacial score (nSPS) is 14.0. The number of hydrogen-bond acceptors (Lipinski definition) is 4. The zero-order valence-electron chi connectivity index (χ0n) is 16.3. The molecule has 154 valence electrons. The van der Waals surface area contributed by atoms with Crippen molar-refractivity contribution in [1.82, 2.24) is 14.1 Å². The second kappa shape index (κ2) is 6.83. The molecule has 0 saturated heterocycles. The summed E-state index contributed by atoms with van der Waals surface area (Å²) in [4.78, 5) is 32.4. The van der Waals surface area contributed by atoms with Crippen LogP contribution in [0.4, 0.5) is 13.2 Å². The van der Waals surface area contributed by atoms with Gasteiger partial charge in [-0.05, 0) is 51.7 Å². The number of carbonyl (C=O) groups is 1. The van der Waals surface area contributed by atoms with E-state index in [4.69, 9.17) is 0 Å². The topological polar surface area (TPSA) is 56.9 Å². The van der Waals surface area contributed by atoms with Crippen molar-refractivity contribution in [3.8, 4) is 0 Å². The van der Waals surface area contributed by atoms with Gasteiger partial charge in [-0.25, -0.2) is 4.98 Å². The number of thiophene rings is 1. The van der Waals surface area contributed by atoms with Crippen molar-refractivity contribution in [2.45, 2.75) is 59.3 Å². The standard InChI is InChI=1S/C20H20F3N3O2S/c1-10-7-14(11(2)26(10)9-20(21,22)23)15(27)8-25-12(3)24-18-17(19(25)28)13-5-4-6-16(13)29-18/h7H,4-6,8-9H2,1-3H3. The molecule has 0 atom stereocenters. The van der Waals surface area contributed by atoms with Gasteiger partial charge in [0.2, 0.25) is 0 Å². The van der Waals surface area contributed by atoms with Crippen LogP contribution in [0.5, 0.6) is 0 Å². The molecule has 4 rings (SSSR count). The fourth-order valence-electron chi connectivity index (χ4n) is 4.10. The SMILES string of the molecule is Cc1cc(C(=O)Cn2c(C)nc3sc4c(c3c2=O)CCC4)c(C)n1CC(F)(F)F. The third-order valence-electron chi connectivity index (χ3n) is 5.53. The first kappa shape index (κ1) is 19.9. The van der Waals surface area contributed by atoms with Gasteiger partial charge in [0, 0.05) is 21.8 Å². The second-order valence-corrected chi connectivity index (χ2v) is 8.58. The lowest BCUT2D eigenvalue weighted by molar-refractivity contribution is -0.141. The molecule has 0 bridgehead atoms. The Bertz CT molecular complexity index is 1200. The predicted octanol–water partition coefficient (Wildman–Crippen LogP) is 4.12. The van der Waals surface area contributed by atoms with Crippen molar-refractivity contribution >= 4 is 27.3 Å². The molecule has 3 aromatic rings. The van der Waals surface area contributed by atoms with Gasteiger partial charge in [-0.1, -0.05) is 0 Å². The summed E-state index contributed by atoms with van der Waals surface area (Å²) in [5.41, 5.74) is 1.60. The summed E-state index contributed by atoms with van der Waals surface area (Å²) in [6, 6.07) is 1.46. The van der Waals surface area contributed by atoms with Crippen molar-refractivity contribution in [3.63, 3.8) is 0 Å². The molecule has 29 heavy (non-hydrogen) atoms. The highest BCUT2D eigenvalue weighted by Crippen LogP contribution is 2.34. The van der Waals surface area contributed by atoms with Gasteiger partial charge in [0.15, 0.2) is 5.78 Å². The Hall–Kier alpha value is -2.42. The van der Waals surface area contributed by atoms with Gasteiger partial charge < -0.3 is 4.57 Å². The number of halogens is 3. The van der Waals surface area contributed by atoms with E-state index in [1.54, 1.807) is 6.92 Å². The lowest BCUT2D eigenvalue weighted by Gasteiger charge is -2.13. The molecule has 0 aromatic carbocycles. The van der Waals surface area contributed by atoms with Gasteiger partial charge in [-0.15, -0.1) is 11.3 Å². The van der Waals surface area contributed by atoms with Crippen molar-refractivity contribution < 1.29 is 18.0 Å². The number of Topliss-reactive ketones (excluding diaryl/α,β-unsaturated/α-hetero) is 1. The van der Waals surface area contributed by atoms with E-state index in [1.165, 1.54) is 40.7 Å². The predicted molar refractivity (Wildman–Crippen MR) is 105 cm³/mol. The molecular weight excluding hydrogens is 403 g/mol. The van der Waals surface area contributed by atoms with Crippen molar-refractivity contribution in [3.05, 3.63) is 49.6 Å². The number of hydrogen-bond donors (Lipinski definition) is 0. The maximum atomic E-state index is 13.1. The Morgan fingerprint density at radius 2 is 1.93 bits per heavy atom. The van der Waals surface area contributed by atoms with Gasteiger partial charge in [0.05, 0.1) is 11.9 Å². The summed E-state index contributed by atoms with van der Waals surface area (Å²) in [5.74, 6) is 0.0321. The van der Waals surface area contributed by atoms with E-state index in [0.717, 1.165) is 29.4 Å². The molecule has 3 heterocycles. The van der Waals surface area contributed by atoms with E-state index in [1.807, 2.05) is 0 Å². The average molecular weight is 423 g/mol. The van der Waals surface area contributed by atoms with Crippen LogP contribution in [0.2, 0.25) is 0 Å². The van der Waals surface area contributed by atoms with E-state index >= 15 is 0 Å². The fourth-order valence-corrected chi connectivity index (χ4v) is 5.40. The summed E-state index contributed by atoms with van der Waals surface area (Å²) >= 11 is 1.53. The maximum absolute atomic E-state index is 13.1. The van der Waals surface area contributed by atoms with Gasteiger partial charge in [0.1, 0.15) is 17.2 Å². The number of carbonyl (C=O) groups excluding carboxylic acids is 1. The summed E-state index contributed by atoms with van der Waals surface area (Å²) in [5, 5.41) is 0.587. The Labute approximate surface area is 168 Å². The van der Waals surface area contributed by atoms with Gasteiger partial charge in [-0.3, -0.25) is 14.2 Å². The van der Waals surface area contributed by atoms with Gasteiger partial charge >= 0.3 is 6.18 Å². The van der Waals surface area contributed by atoms with Gasteiger partial charge in [-0.2, -0.15) is 13.2 Å². The smallest absolute Gasteiger partial charge is 0.339 e. The summed E-state index contributed by atoms with van der Waals surface area (Å²) < 4.78 is 40.9. The number of aryl methyl sites for hydroxylation is 4. The number of ketones is 1. The monoisotopic (exact) mass is 423 g/mol. The lowest BCUT2D eigenvalue weighted by atomic mass is 10.1. The van der Waals surface area contributed by atoms with Crippen LogP contribution in [0, 0.1) is 20.8 Å². The molecule has 9 heteroatoms. The number of fused-ring (bicyclic) bond motifs is 3. The molecule has 1 aliphatic rings. The largest absolute Gasteiger partial charge is 0.406 e. The Morgan fingerprint density at radius 1 is 1.21 bits per heavy atom. The van der Waals surface area contributed by atoms with Crippen LogP contribution >= 0.6 is 11.3 Å². The first-order valence-electron chi connectivity index (χ1n) is 9.35. The summed E-state index contributed by atoms with van der Waals surface area (Å²) in [6.45, 7) is 3.32. The fraction of sp³-hybridized carbons (Fsp3) is 0.450. The minimum Gasteiger partial charge on any atom is -0.339 e. The van der Waals surface area contributed by atoms with E-state index < -0.39 is 18.5 Å². The average Bonchev–Trinajstić information content (AvgIpc) is 3.26. The van der Waals surface area contributed by atoms with Crippen LogP contribution in [0.15, 0.2) is 10.9 Å². The number of rotatable bonds is 4. The highest BCUT2D eigenvalue weighted by Gasteiger charge is 2.30. The molecule has 0 fully saturated rings. The summed E-state index contributed by atoms with van der Waals surface area (Å²) in [7, 11) is 0. The molecule has 0 saturated carbocycles. The van der Waals surface area contributed by atoms with E-state index in [9.17, 15) is 22.8 Å². The maximum Gasteiger partial charge on any atom is 0.406 e. The Kier molecular flexibility index (Phi) is 4.68. The number of alkyl halides is 3. The molecule has 3 aromatic heterocycles. The Balaban J connectivity index is 1.72. The Morgan fingerprint density at radius 3 is 2.62 bits per heavy atom. The number of aromatic nitrogens is 3. The van der Waals surface area contributed by atoms with Crippen LogP contribution in [0.3, 0.4) is 0 Å². The molecule has 0 spiro atoms. The minimum atomic E-state index is -4.38. The molecule has 0 amide bonds. The second-order valence-electron chi connectivity index (χ2n) is 7.50. The third kappa shape index (κ3) is 3.41. The third-order valence-corrected chi connectivity index (χ3v) is 6.71. The highest BCUT2D eigenvalue weighted by molar-refractivity contribution is 7.18. The van der Waals surface area contributed by atoms with E-state index in [-0.39, 0.29) is 23.4 Å². The van der Waals surface area contributed by atoms with Crippen LogP contribution in [-0.4, -0.2) is 26.1 Å². The minimum absolute atomic E-state index is 0.202. The molecule has 5 nitrogen and oxygen atoms in total. The van der Waals surface area contributed by atoms with Crippen molar-refractivity contribution in [2.75, 3.05) is 0 Å². The summed E-state index contributed by atoms with van der Waals surface area (Å²) in [6.07, 6.45) is -1.59. The zero-order valence-corrected chi connectivity index (χ0v) is 17.1. The van der Waals surface area contributed by atoms with Crippen LogP contribution in [0.25, 0.3) is 10.2 Å². The van der Waals surface area contributed by atoms with Crippen LogP contribution in [0.1, 0.15) is 44.4 Å². The lowest BCUT2D eigenvalue weighted by Crippen LogP contribution is -2.28. The zero-order chi connectivity index (χ0) is 21.1. The quantitative estimate of drug-likeness (QED) is 0.594. The number of nitrogens with zero attached hydrogens (tertiary/aromatic N) is 3. The molecule has 0 radical (unpaired) electrons. The first-order valence-corrected chi connectivity index (χ1v) is 10.2. The highest BCUT2D eigenvalue weighted by atomic mass is 32.1. The van der Waals surface area contributed by atoms with Crippen molar-refractivity contribution in [2.24, 2.45) is 0 Å². The molecule has 0 aliphatic heterocycles. The van der Waals surface area contributed by atoms with Gasteiger partial charge in [0.25, 0.3) is 5.56 Å². The molecule has 0 N–H and O–H groups in total. The first-order chi connectivity index (χ1) is 13.6. The van der Waals surface area contributed by atoms with E-state index in [2.05, 4.69) is 4.98 Å². The molecular formula is C20H20F3N3O2S. The van der Waals surface area contributed by atoms with Crippen LogP contribution < -0.4 is 5.56 Å². The molecule has 1 aliphatic carbocycles. The molecule has 0 unspecified atom stereocenters. The van der Waals surface area contributed by atoms with Crippen LogP contribution in [-0.2, 0) is 25.9 Å². The van der Waals surface area contributed by atoms with Crippen molar-refractivity contribution in [1.29, 1.82) is 0 Å². The van der Waals surface area contributed by atoms with E-state index in [0.29, 0.717) is 21.7 Å².